The molecular weight excluding hydrogens is 284 g/mol. The third kappa shape index (κ3) is 5.04. The summed E-state index contributed by atoms with van der Waals surface area (Å²) in [5.74, 6) is 0.353. The minimum Gasteiger partial charge on any atom is -0.482 e. The molecule has 1 aliphatic rings. The van der Waals surface area contributed by atoms with Crippen LogP contribution in [0.1, 0.15) is 18.4 Å². The van der Waals surface area contributed by atoms with Crippen LogP contribution >= 0.6 is 0 Å². The molecule has 0 saturated carbocycles. The highest BCUT2D eigenvalue weighted by Gasteiger charge is 2.20. The Labute approximate surface area is 130 Å². The maximum absolute atomic E-state index is 12.1. The van der Waals surface area contributed by atoms with Gasteiger partial charge in [-0.15, -0.1) is 0 Å². The van der Waals surface area contributed by atoms with Gasteiger partial charge in [-0.2, -0.15) is 0 Å². The van der Waals surface area contributed by atoms with Crippen molar-refractivity contribution in [2.75, 3.05) is 26.8 Å². The zero-order valence-electron chi connectivity index (χ0n) is 12.8. The minimum atomic E-state index is -0.426. The number of amides is 1. The number of rotatable bonds is 6. The van der Waals surface area contributed by atoms with Gasteiger partial charge in [-0.05, 0) is 43.6 Å². The summed E-state index contributed by atoms with van der Waals surface area (Å²) in [4.78, 5) is 23.1. The third-order valence-electron chi connectivity index (χ3n) is 3.66. The molecule has 6 heteroatoms. The summed E-state index contributed by atoms with van der Waals surface area (Å²) >= 11 is 0. The molecular formula is C16H22N2O4. The molecule has 6 nitrogen and oxygen atoms in total. The zero-order chi connectivity index (χ0) is 15.8. The first-order valence-electron chi connectivity index (χ1n) is 7.46. The van der Waals surface area contributed by atoms with E-state index in [0.717, 1.165) is 31.5 Å². The zero-order valence-corrected chi connectivity index (χ0v) is 12.8. The van der Waals surface area contributed by atoms with E-state index in [1.807, 2.05) is 18.2 Å². The number of hydrogen-bond acceptors (Lipinski definition) is 5. The molecule has 1 aromatic rings. The third-order valence-corrected chi connectivity index (χ3v) is 3.66. The number of piperidine rings is 1. The van der Waals surface area contributed by atoms with Gasteiger partial charge in [-0.3, -0.25) is 4.79 Å². The van der Waals surface area contributed by atoms with Crippen LogP contribution in [0.2, 0.25) is 0 Å². The van der Waals surface area contributed by atoms with Gasteiger partial charge >= 0.3 is 5.97 Å². The van der Waals surface area contributed by atoms with Gasteiger partial charge in [0.25, 0.3) is 0 Å². The smallest absolute Gasteiger partial charge is 0.343 e. The quantitative estimate of drug-likeness (QED) is 0.762. The molecule has 0 aromatic heterocycles. The molecule has 1 amide bonds. The van der Waals surface area contributed by atoms with Crippen LogP contribution in [0.25, 0.3) is 0 Å². The van der Waals surface area contributed by atoms with Crippen LogP contribution in [0.4, 0.5) is 0 Å². The summed E-state index contributed by atoms with van der Waals surface area (Å²) in [5, 5.41) is 6.20. The predicted molar refractivity (Wildman–Crippen MR) is 81.4 cm³/mol. The van der Waals surface area contributed by atoms with Crippen molar-refractivity contribution in [3.05, 3.63) is 29.8 Å². The number of carbonyl (C=O) groups is 2. The van der Waals surface area contributed by atoms with Gasteiger partial charge in [0.2, 0.25) is 5.91 Å². The number of esters is 1. The Bertz CT molecular complexity index is 513. The SMILES string of the molecule is COC(=O)COc1cccc(CNC(=O)C2CCNCC2)c1. The van der Waals surface area contributed by atoms with E-state index in [9.17, 15) is 9.59 Å². The highest BCUT2D eigenvalue weighted by Crippen LogP contribution is 2.15. The van der Waals surface area contributed by atoms with Crippen molar-refractivity contribution in [3.8, 4) is 5.75 Å². The average molecular weight is 306 g/mol. The Morgan fingerprint density at radius 2 is 2.09 bits per heavy atom. The number of hydrogen-bond donors (Lipinski definition) is 2. The second-order valence-corrected chi connectivity index (χ2v) is 5.25. The van der Waals surface area contributed by atoms with Crippen LogP contribution in [0, 0.1) is 5.92 Å². The lowest BCUT2D eigenvalue weighted by molar-refractivity contribution is -0.142. The van der Waals surface area contributed by atoms with Gasteiger partial charge in [0.15, 0.2) is 6.61 Å². The molecule has 1 aliphatic heterocycles. The summed E-state index contributed by atoms with van der Waals surface area (Å²) < 4.78 is 9.85. The number of ether oxygens (including phenoxy) is 2. The Morgan fingerprint density at radius 1 is 1.32 bits per heavy atom. The number of carbonyl (C=O) groups excluding carboxylic acids is 2. The normalized spacial score (nSPS) is 15.1. The van der Waals surface area contributed by atoms with E-state index in [2.05, 4.69) is 15.4 Å². The molecule has 0 spiro atoms. The first-order chi connectivity index (χ1) is 10.7. The van der Waals surface area contributed by atoms with E-state index < -0.39 is 5.97 Å². The first kappa shape index (κ1) is 16.3. The van der Waals surface area contributed by atoms with Crippen LogP contribution < -0.4 is 15.4 Å². The lowest BCUT2D eigenvalue weighted by Gasteiger charge is -2.21. The van der Waals surface area contributed by atoms with E-state index >= 15 is 0 Å². The molecule has 0 radical (unpaired) electrons. The van der Waals surface area contributed by atoms with Crippen LogP contribution in [-0.2, 0) is 20.9 Å². The molecule has 22 heavy (non-hydrogen) atoms. The summed E-state index contributed by atoms with van der Waals surface area (Å²) in [6.07, 6.45) is 1.77. The molecule has 0 unspecified atom stereocenters. The Hall–Kier alpha value is -2.08. The van der Waals surface area contributed by atoms with Crippen molar-refractivity contribution < 1.29 is 19.1 Å². The highest BCUT2D eigenvalue weighted by atomic mass is 16.6. The van der Waals surface area contributed by atoms with Crippen LogP contribution in [-0.4, -0.2) is 38.7 Å². The topological polar surface area (TPSA) is 76.7 Å². The van der Waals surface area contributed by atoms with E-state index in [0.29, 0.717) is 12.3 Å². The summed E-state index contributed by atoms with van der Waals surface area (Å²) in [7, 11) is 1.32. The number of methoxy groups -OCH3 is 1. The van der Waals surface area contributed by atoms with Gasteiger partial charge in [-0.25, -0.2) is 4.79 Å². The first-order valence-corrected chi connectivity index (χ1v) is 7.46. The molecule has 1 saturated heterocycles. The Balaban J connectivity index is 1.82. The Kier molecular flexibility index (Phi) is 6.21. The molecule has 2 rings (SSSR count). The maximum atomic E-state index is 12.1. The number of benzene rings is 1. The number of nitrogens with one attached hydrogen (secondary N) is 2. The molecule has 1 fully saturated rings. The van der Waals surface area contributed by atoms with E-state index in [1.54, 1.807) is 6.07 Å². The van der Waals surface area contributed by atoms with Crippen LogP contribution in [0.3, 0.4) is 0 Å². The lowest BCUT2D eigenvalue weighted by Crippen LogP contribution is -2.37. The highest BCUT2D eigenvalue weighted by molar-refractivity contribution is 5.78. The molecule has 120 valence electrons. The van der Waals surface area contributed by atoms with Crippen molar-refractivity contribution >= 4 is 11.9 Å². The van der Waals surface area contributed by atoms with E-state index in [1.165, 1.54) is 7.11 Å². The fourth-order valence-corrected chi connectivity index (χ4v) is 2.36. The lowest BCUT2D eigenvalue weighted by atomic mass is 9.97. The van der Waals surface area contributed by atoms with Crippen molar-refractivity contribution in [1.82, 2.24) is 10.6 Å². The maximum Gasteiger partial charge on any atom is 0.343 e. The fourth-order valence-electron chi connectivity index (χ4n) is 2.36. The average Bonchev–Trinajstić information content (AvgIpc) is 2.58. The molecule has 0 aliphatic carbocycles. The summed E-state index contributed by atoms with van der Waals surface area (Å²) in [6.45, 7) is 2.13. The van der Waals surface area contributed by atoms with E-state index in [-0.39, 0.29) is 18.4 Å². The van der Waals surface area contributed by atoms with Gasteiger partial charge in [0.05, 0.1) is 7.11 Å². The summed E-state index contributed by atoms with van der Waals surface area (Å²) in [5.41, 5.74) is 0.935. The molecule has 0 bridgehead atoms. The fraction of sp³-hybridized carbons (Fsp3) is 0.500. The molecule has 0 atom stereocenters. The van der Waals surface area contributed by atoms with Gasteiger partial charge < -0.3 is 20.1 Å². The Morgan fingerprint density at radius 3 is 2.82 bits per heavy atom. The summed E-state index contributed by atoms with van der Waals surface area (Å²) in [6, 6.07) is 7.32. The van der Waals surface area contributed by atoms with Crippen molar-refractivity contribution in [1.29, 1.82) is 0 Å². The largest absolute Gasteiger partial charge is 0.482 e. The van der Waals surface area contributed by atoms with Crippen molar-refractivity contribution in [3.63, 3.8) is 0 Å². The van der Waals surface area contributed by atoms with Gasteiger partial charge in [-0.1, -0.05) is 12.1 Å². The van der Waals surface area contributed by atoms with Crippen LogP contribution in [0.5, 0.6) is 5.75 Å². The van der Waals surface area contributed by atoms with Crippen LogP contribution in [0.15, 0.2) is 24.3 Å². The molecule has 1 heterocycles. The van der Waals surface area contributed by atoms with E-state index in [4.69, 9.17) is 4.74 Å². The second kappa shape index (κ2) is 8.38. The van der Waals surface area contributed by atoms with Gasteiger partial charge in [0, 0.05) is 12.5 Å². The standard InChI is InChI=1S/C16H22N2O4/c1-21-15(19)11-22-14-4-2-3-12(9-14)10-18-16(20)13-5-7-17-8-6-13/h2-4,9,13,17H,5-8,10-11H2,1H3,(H,18,20). The van der Waals surface area contributed by atoms with Crippen molar-refractivity contribution in [2.24, 2.45) is 5.92 Å². The molecule has 1 aromatic carbocycles. The van der Waals surface area contributed by atoms with Gasteiger partial charge in [0.1, 0.15) is 5.75 Å². The molecule has 2 N–H and O–H groups in total. The minimum absolute atomic E-state index is 0.0972. The predicted octanol–water partition coefficient (Wildman–Crippen LogP) is 0.854. The van der Waals surface area contributed by atoms with Crippen molar-refractivity contribution in [2.45, 2.75) is 19.4 Å². The monoisotopic (exact) mass is 306 g/mol. The second-order valence-electron chi connectivity index (χ2n) is 5.25.